The normalized spacial score (nSPS) is 18.7. The van der Waals surface area contributed by atoms with Crippen LogP contribution in [0.1, 0.15) is 11.5 Å². The highest BCUT2D eigenvalue weighted by Gasteiger charge is 2.40. The summed E-state index contributed by atoms with van der Waals surface area (Å²) in [5.41, 5.74) is 1.34. The van der Waals surface area contributed by atoms with Crippen molar-refractivity contribution in [3.63, 3.8) is 0 Å². The molecule has 4 rings (SSSR count). The van der Waals surface area contributed by atoms with Crippen molar-refractivity contribution in [1.82, 2.24) is 9.47 Å². The smallest absolute Gasteiger partial charge is 0.407 e. The van der Waals surface area contributed by atoms with Crippen LogP contribution in [-0.2, 0) is 11.8 Å². The summed E-state index contributed by atoms with van der Waals surface area (Å²) in [6.07, 6.45) is 0.629. The number of aromatic nitrogens is 1. The number of nitrogens with zero attached hydrogens (tertiary/aromatic N) is 2. The maximum Gasteiger partial charge on any atom is 0.407 e. The van der Waals surface area contributed by atoms with Gasteiger partial charge < -0.3 is 19.9 Å². The molecule has 0 spiro atoms. The Hall–Kier alpha value is -3.61. The summed E-state index contributed by atoms with van der Waals surface area (Å²) in [6, 6.07) is 16.5. The molecule has 1 aromatic heterocycles. The lowest BCUT2D eigenvalue weighted by atomic mass is 9.88. The van der Waals surface area contributed by atoms with Gasteiger partial charge in [0.2, 0.25) is 5.91 Å². The fraction of sp³-hybridized carbons (Fsp3) is 0.227. The summed E-state index contributed by atoms with van der Waals surface area (Å²) in [6.45, 7) is 0.404. The van der Waals surface area contributed by atoms with E-state index in [1.807, 2.05) is 30.3 Å². The number of carbonyl (C=O) groups excluding carboxylic acids is 1. The predicted molar refractivity (Wildman–Crippen MR) is 110 cm³/mol. The number of hydrogen-bond donors (Lipinski definition) is 2. The molecule has 148 valence electrons. The first-order chi connectivity index (χ1) is 14.0. The molecule has 1 fully saturated rings. The van der Waals surface area contributed by atoms with Gasteiger partial charge in [0.1, 0.15) is 0 Å². The number of aryl methyl sites for hydroxylation is 1. The molecule has 2 atom stereocenters. The Balaban J connectivity index is 1.66. The number of likely N-dealkylation sites (tertiary alicyclic amines) is 1. The van der Waals surface area contributed by atoms with Crippen molar-refractivity contribution >= 4 is 28.5 Å². The molecule has 1 saturated heterocycles. The largest absolute Gasteiger partial charge is 0.465 e. The first-order valence-electron chi connectivity index (χ1n) is 9.37. The first kappa shape index (κ1) is 18.7. The van der Waals surface area contributed by atoms with E-state index in [2.05, 4.69) is 5.32 Å². The zero-order chi connectivity index (χ0) is 20.5. The van der Waals surface area contributed by atoms with Gasteiger partial charge in [0.05, 0.1) is 5.92 Å². The van der Waals surface area contributed by atoms with E-state index in [4.69, 9.17) is 0 Å². The third-order valence-electron chi connectivity index (χ3n) is 5.53. The van der Waals surface area contributed by atoms with Gasteiger partial charge in [0.15, 0.2) is 0 Å². The molecule has 3 aromatic rings. The molecule has 2 aromatic carbocycles. The summed E-state index contributed by atoms with van der Waals surface area (Å²) in [5.74, 6) is -0.999. The second-order valence-electron chi connectivity index (χ2n) is 7.30. The number of carboxylic acid groups (broad SMARTS) is 1. The molecule has 0 bridgehead atoms. The highest BCUT2D eigenvalue weighted by molar-refractivity contribution is 6.03. The van der Waals surface area contributed by atoms with Crippen molar-refractivity contribution in [1.29, 1.82) is 0 Å². The molecule has 0 saturated carbocycles. The minimum atomic E-state index is -1.03. The number of anilines is 1. The number of amides is 2. The maximum absolute atomic E-state index is 13.1. The molecule has 2 amide bonds. The van der Waals surface area contributed by atoms with Crippen molar-refractivity contribution in [3.05, 3.63) is 76.7 Å². The SMILES string of the molecule is Cn1ccc2c(NC(=O)[C@H]3CN(C(=O)O)C[C@@H]3c3ccccc3)cccc2c1=O. The minimum Gasteiger partial charge on any atom is -0.465 e. The lowest BCUT2D eigenvalue weighted by molar-refractivity contribution is -0.119. The number of pyridine rings is 1. The molecular weight excluding hydrogens is 370 g/mol. The van der Waals surface area contributed by atoms with Crippen LogP contribution in [0.25, 0.3) is 10.8 Å². The van der Waals surface area contributed by atoms with E-state index in [0.717, 1.165) is 5.56 Å². The Morgan fingerprint density at radius 1 is 1.00 bits per heavy atom. The van der Waals surface area contributed by atoms with Gasteiger partial charge in [0.25, 0.3) is 5.56 Å². The van der Waals surface area contributed by atoms with Crippen LogP contribution in [0.2, 0.25) is 0 Å². The molecule has 1 aliphatic heterocycles. The summed E-state index contributed by atoms with van der Waals surface area (Å²) >= 11 is 0. The van der Waals surface area contributed by atoms with Crippen LogP contribution in [0.3, 0.4) is 0 Å². The van der Waals surface area contributed by atoms with Crippen LogP contribution in [0.4, 0.5) is 10.5 Å². The van der Waals surface area contributed by atoms with Crippen LogP contribution in [0, 0.1) is 5.92 Å². The fourth-order valence-electron chi connectivity index (χ4n) is 3.97. The van der Waals surface area contributed by atoms with Crippen LogP contribution in [0.15, 0.2) is 65.6 Å². The van der Waals surface area contributed by atoms with Crippen LogP contribution in [0.5, 0.6) is 0 Å². The zero-order valence-electron chi connectivity index (χ0n) is 15.9. The van der Waals surface area contributed by atoms with Gasteiger partial charge in [0, 0.05) is 48.7 Å². The molecule has 2 heterocycles. The Bertz CT molecular complexity index is 1140. The lowest BCUT2D eigenvalue weighted by Gasteiger charge is -2.19. The molecule has 0 aliphatic carbocycles. The quantitative estimate of drug-likeness (QED) is 0.718. The number of rotatable bonds is 3. The van der Waals surface area contributed by atoms with E-state index in [1.54, 1.807) is 37.5 Å². The molecule has 29 heavy (non-hydrogen) atoms. The average Bonchev–Trinajstić information content (AvgIpc) is 3.18. The highest BCUT2D eigenvalue weighted by atomic mass is 16.4. The van der Waals surface area contributed by atoms with Gasteiger partial charge in [-0.25, -0.2) is 4.79 Å². The summed E-state index contributed by atoms with van der Waals surface area (Å²) < 4.78 is 1.49. The second-order valence-corrected chi connectivity index (χ2v) is 7.30. The van der Waals surface area contributed by atoms with Crippen LogP contribution in [-0.4, -0.2) is 39.7 Å². The van der Waals surface area contributed by atoms with Crippen molar-refractivity contribution in [3.8, 4) is 0 Å². The number of fused-ring (bicyclic) bond motifs is 1. The molecule has 0 unspecified atom stereocenters. The topological polar surface area (TPSA) is 91.6 Å². The molecular formula is C22H21N3O4. The number of hydrogen-bond acceptors (Lipinski definition) is 3. The highest BCUT2D eigenvalue weighted by Crippen LogP contribution is 2.34. The van der Waals surface area contributed by atoms with E-state index in [0.29, 0.717) is 16.5 Å². The van der Waals surface area contributed by atoms with Gasteiger partial charge in [-0.15, -0.1) is 0 Å². The molecule has 7 nitrogen and oxygen atoms in total. The maximum atomic E-state index is 13.1. The Morgan fingerprint density at radius 2 is 1.76 bits per heavy atom. The Morgan fingerprint density at radius 3 is 2.48 bits per heavy atom. The van der Waals surface area contributed by atoms with E-state index in [-0.39, 0.29) is 30.5 Å². The first-order valence-corrected chi connectivity index (χ1v) is 9.37. The van der Waals surface area contributed by atoms with Gasteiger partial charge >= 0.3 is 6.09 Å². The Kier molecular flexibility index (Phi) is 4.80. The molecule has 0 radical (unpaired) electrons. The van der Waals surface area contributed by atoms with Crippen molar-refractivity contribution < 1.29 is 14.7 Å². The predicted octanol–water partition coefficient (Wildman–Crippen LogP) is 2.87. The number of benzene rings is 2. The van der Waals surface area contributed by atoms with Crippen molar-refractivity contribution in [2.75, 3.05) is 18.4 Å². The van der Waals surface area contributed by atoms with Crippen LogP contribution >= 0.6 is 0 Å². The fourth-order valence-corrected chi connectivity index (χ4v) is 3.97. The second kappa shape index (κ2) is 7.43. The van der Waals surface area contributed by atoms with E-state index in [9.17, 15) is 19.5 Å². The van der Waals surface area contributed by atoms with E-state index >= 15 is 0 Å². The van der Waals surface area contributed by atoms with Gasteiger partial charge in [-0.3, -0.25) is 9.59 Å². The lowest BCUT2D eigenvalue weighted by Crippen LogP contribution is -2.30. The average molecular weight is 391 g/mol. The summed E-state index contributed by atoms with van der Waals surface area (Å²) in [5, 5.41) is 13.5. The van der Waals surface area contributed by atoms with Crippen molar-refractivity contribution in [2.45, 2.75) is 5.92 Å². The zero-order valence-corrected chi connectivity index (χ0v) is 15.9. The standard InChI is InChI=1S/C22H21N3O4/c1-24-11-10-15-16(21(24)27)8-5-9-19(15)23-20(26)18-13-25(22(28)29)12-17(18)14-6-3-2-4-7-14/h2-11,17-18H,12-13H2,1H3,(H,23,26)(H,28,29)/t17-,18+/m1/s1. The minimum absolute atomic E-state index is 0.132. The van der Waals surface area contributed by atoms with E-state index in [1.165, 1.54) is 9.47 Å². The van der Waals surface area contributed by atoms with Gasteiger partial charge in [-0.2, -0.15) is 0 Å². The van der Waals surface area contributed by atoms with Crippen molar-refractivity contribution in [2.24, 2.45) is 13.0 Å². The third kappa shape index (κ3) is 3.47. The monoisotopic (exact) mass is 391 g/mol. The third-order valence-corrected chi connectivity index (χ3v) is 5.53. The number of nitrogens with one attached hydrogen (secondary N) is 1. The van der Waals surface area contributed by atoms with Crippen LogP contribution < -0.4 is 10.9 Å². The summed E-state index contributed by atoms with van der Waals surface area (Å²) in [4.78, 5) is 38.3. The Labute approximate surface area is 167 Å². The molecule has 1 aliphatic rings. The number of carbonyl (C=O) groups is 2. The van der Waals surface area contributed by atoms with E-state index < -0.39 is 12.0 Å². The molecule has 7 heteroatoms. The summed E-state index contributed by atoms with van der Waals surface area (Å²) in [7, 11) is 1.68. The van der Waals surface area contributed by atoms with Gasteiger partial charge in [-0.05, 0) is 23.8 Å². The van der Waals surface area contributed by atoms with Gasteiger partial charge in [-0.1, -0.05) is 36.4 Å². The molecule has 2 N–H and O–H groups in total.